The van der Waals surface area contributed by atoms with Gasteiger partial charge in [-0.25, -0.2) is 4.79 Å². The number of nitro groups is 1. The molecule has 1 N–H and O–H groups in total. The van der Waals surface area contributed by atoms with E-state index in [0.29, 0.717) is 5.56 Å². The first-order valence-corrected chi connectivity index (χ1v) is 8.49. The van der Waals surface area contributed by atoms with E-state index in [-0.39, 0.29) is 0 Å². The van der Waals surface area contributed by atoms with E-state index in [9.17, 15) is 32.9 Å². The van der Waals surface area contributed by atoms with Crippen molar-refractivity contribution in [3.05, 3.63) is 46.0 Å². The van der Waals surface area contributed by atoms with E-state index in [1.54, 1.807) is 42.6 Å². The number of esters is 1. The number of carbonyl (C=O) groups is 2. The van der Waals surface area contributed by atoms with Crippen LogP contribution >= 0.6 is 0 Å². The van der Waals surface area contributed by atoms with Gasteiger partial charge in [-0.1, -0.05) is 37.3 Å². The number of amides is 1. The molecular weight excluding hydrogens is 381 g/mol. The van der Waals surface area contributed by atoms with Crippen LogP contribution in [0.3, 0.4) is 0 Å². The molecule has 0 bridgehead atoms. The van der Waals surface area contributed by atoms with Crippen molar-refractivity contribution in [2.45, 2.75) is 51.4 Å². The van der Waals surface area contributed by atoms with Crippen LogP contribution in [-0.4, -0.2) is 41.2 Å². The summed E-state index contributed by atoms with van der Waals surface area (Å²) in [6.45, 7) is 5.20. The summed E-state index contributed by atoms with van der Waals surface area (Å²) in [7, 11) is 0. The first-order valence-electron chi connectivity index (χ1n) is 8.49. The lowest BCUT2D eigenvalue weighted by Gasteiger charge is -2.31. The first-order chi connectivity index (χ1) is 12.7. The average Bonchev–Trinajstić information content (AvgIpc) is 2.55. The van der Waals surface area contributed by atoms with Gasteiger partial charge in [-0.15, -0.1) is 0 Å². The summed E-state index contributed by atoms with van der Waals surface area (Å²) in [5.41, 5.74) is -0.489. The minimum absolute atomic E-state index is 0.573. The fraction of sp³-hybridized carbons (Fsp3) is 0.556. The maximum Gasteiger partial charge on any atom is 0.471 e. The van der Waals surface area contributed by atoms with Gasteiger partial charge in [-0.2, -0.15) is 13.2 Å². The second-order valence-electron chi connectivity index (χ2n) is 7.36. The Hall–Kier alpha value is -2.65. The van der Waals surface area contributed by atoms with Crippen LogP contribution in [0.4, 0.5) is 13.2 Å². The lowest BCUT2D eigenvalue weighted by molar-refractivity contribution is -0.489. The second kappa shape index (κ2) is 9.03. The number of hydrogen-bond donors (Lipinski definition) is 1. The molecule has 3 atom stereocenters. The fourth-order valence-electron chi connectivity index (χ4n) is 2.66. The Kier molecular flexibility index (Phi) is 7.54. The van der Waals surface area contributed by atoms with Crippen molar-refractivity contribution in [1.82, 2.24) is 5.32 Å². The first kappa shape index (κ1) is 23.4. The van der Waals surface area contributed by atoms with Crippen molar-refractivity contribution in [2.24, 2.45) is 5.92 Å². The predicted molar refractivity (Wildman–Crippen MR) is 94.0 cm³/mol. The Bertz CT molecular complexity index is 701. The Labute approximate surface area is 160 Å². The van der Waals surface area contributed by atoms with Gasteiger partial charge in [0.05, 0.1) is 5.92 Å². The molecule has 0 aliphatic rings. The highest BCUT2D eigenvalue weighted by molar-refractivity contribution is 5.88. The van der Waals surface area contributed by atoms with E-state index in [1.807, 2.05) is 0 Å². The molecule has 156 valence electrons. The van der Waals surface area contributed by atoms with Crippen molar-refractivity contribution in [3.63, 3.8) is 0 Å². The van der Waals surface area contributed by atoms with Crippen LogP contribution < -0.4 is 5.32 Å². The Morgan fingerprint density at radius 3 is 2.14 bits per heavy atom. The van der Waals surface area contributed by atoms with Gasteiger partial charge in [-0.3, -0.25) is 14.9 Å². The van der Waals surface area contributed by atoms with Gasteiger partial charge < -0.3 is 10.1 Å². The summed E-state index contributed by atoms with van der Waals surface area (Å²) < 4.78 is 43.4. The number of benzene rings is 1. The number of carbonyl (C=O) groups excluding carboxylic acids is 2. The van der Waals surface area contributed by atoms with Crippen LogP contribution in [-0.2, 0) is 14.3 Å². The molecule has 0 aliphatic heterocycles. The number of hydrogen-bond acceptors (Lipinski definition) is 5. The van der Waals surface area contributed by atoms with Gasteiger partial charge in [0.1, 0.15) is 11.6 Å². The van der Waals surface area contributed by atoms with E-state index >= 15 is 0 Å². The maximum absolute atomic E-state index is 12.8. The maximum atomic E-state index is 12.8. The highest BCUT2D eigenvalue weighted by Crippen LogP contribution is 2.29. The highest BCUT2D eigenvalue weighted by atomic mass is 19.4. The molecule has 0 aromatic heterocycles. The van der Waals surface area contributed by atoms with Crippen LogP contribution in [0.1, 0.15) is 39.2 Å². The standard InChI is InChI=1S/C18H23F3N2O5/c1-11(12-8-6-5-7-9-12)13(10-23(26)27)14(15(24)28-17(2,3)4)22-16(25)18(19,20)21/h5-9,11,13-14H,10H2,1-4H3,(H,22,25)/t11?,13-,14+/m1/s1. The molecular formula is C18H23F3N2O5. The normalized spacial score (nSPS) is 15.2. The summed E-state index contributed by atoms with van der Waals surface area (Å²) in [5.74, 6) is -5.51. The van der Waals surface area contributed by atoms with Crippen LogP contribution in [0.25, 0.3) is 0 Å². The number of nitrogens with zero attached hydrogens (tertiary/aromatic N) is 1. The third kappa shape index (κ3) is 7.16. The quantitative estimate of drug-likeness (QED) is 0.428. The molecule has 0 spiro atoms. The Balaban J connectivity index is 3.33. The number of rotatable bonds is 7. The molecule has 0 saturated carbocycles. The molecule has 10 heteroatoms. The van der Waals surface area contributed by atoms with E-state index < -0.39 is 53.0 Å². The summed E-state index contributed by atoms with van der Waals surface area (Å²) in [6.07, 6.45) is -5.25. The molecule has 0 saturated heterocycles. The summed E-state index contributed by atoms with van der Waals surface area (Å²) in [6, 6.07) is 6.44. The molecule has 0 aliphatic carbocycles. The molecule has 7 nitrogen and oxygen atoms in total. The lowest BCUT2D eigenvalue weighted by Crippen LogP contribution is -2.54. The molecule has 1 rings (SSSR count). The molecule has 1 aromatic carbocycles. The molecule has 0 heterocycles. The molecule has 28 heavy (non-hydrogen) atoms. The van der Waals surface area contributed by atoms with E-state index in [1.165, 1.54) is 20.8 Å². The minimum atomic E-state index is -5.25. The van der Waals surface area contributed by atoms with Crippen LogP contribution in [0, 0.1) is 16.0 Å². The molecule has 0 radical (unpaired) electrons. The number of nitrogens with one attached hydrogen (secondary N) is 1. The number of halogens is 3. The van der Waals surface area contributed by atoms with Crippen molar-refractivity contribution in [3.8, 4) is 0 Å². The van der Waals surface area contributed by atoms with Gasteiger partial charge in [0, 0.05) is 4.92 Å². The largest absolute Gasteiger partial charge is 0.471 e. The SMILES string of the molecule is CC(c1ccccc1)[C@@H](C[N+](=O)[O-])[C@H](NC(=O)C(F)(F)F)C(=O)OC(C)(C)C. The Morgan fingerprint density at radius 1 is 1.18 bits per heavy atom. The van der Waals surface area contributed by atoms with Gasteiger partial charge in [0.2, 0.25) is 6.54 Å². The molecule has 0 fully saturated rings. The van der Waals surface area contributed by atoms with Crippen LogP contribution in [0.15, 0.2) is 30.3 Å². The van der Waals surface area contributed by atoms with Gasteiger partial charge in [0.15, 0.2) is 0 Å². The highest BCUT2D eigenvalue weighted by Gasteiger charge is 2.46. The monoisotopic (exact) mass is 404 g/mol. The molecule has 1 amide bonds. The van der Waals surface area contributed by atoms with Gasteiger partial charge in [-0.05, 0) is 32.3 Å². The predicted octanol–water partition coefficient (Wildman–Crippen LogP) is 3.07. The number of ether oxygens (including phenoxy) is 1. The zero-order valence-corrected chi connectivity index (χ0v) is 15.9. The van der Waals surface area contributed by atoms with Gasteiger partial charge in [0.25, 0.3) is 0 Å². The summed E-state index contributed by atoms with van der Waals surface area (Å²) in [5, 5.41) is 12.8. The van der Waals surface area contributed by atoms with Gasteiger partial charge >= 0.3 is 18.1 Å². The second-order valence-corrected chi connectivity index (χ2v) is 7.36. The lowest BCUT2D eigenvalue weighted by atomic mass is 9.82. The van der Waals surface area contributed by atoms with E-state index in [4.69, 9.17) is 4.74 Å². The van der Waals surface area contributed by atoms with Crippen molar-refractivity contribution in [2.75, 3.05) is 6.54 Å². The zero-order valence-electron chi connectivity index (χ0n) is 15.9. The molecule has 1 aromatic rings. The smallest absolute Gasteiger partial charge is 0.458 e. The van der Waals surface area contributed by atoms with E-state index in [0.717, 1.165) is 0 Å². The third-order valence-electron chi connectivity index (χ3n) is 3.96. The van der Waals surface area contributed by atoms with Crippen LogP contribution in [0.2, 0.25) is 0 Å². The topological polar surface area (TPSA) is 98.5 Å². The molecule has 1 unspecified atom stereocenters. The zero-order chi connectivity index (χ0) is 21.7. The fourth-order valence-corrected chi connectivity index (χ4v) is 2.66. The number of alkyl halides is 3. The van der Waals surface area contributed by atoms with Crippen molar-refractivity contribution >= 4 is 11.9 Å². The van der Waals surface area contributed by atoms with Crippen molar-refractivity contribution < 1.29 is 32.4 Å². The minimum Gasteiger partial charge on any atom is -0.458 e. The average molecular weight is 404 g/mol. The summed E-state index contributed by atoms with van der Waals surface area (Å²) >= 11 is 0. The Morgan fingerprint density at radius 2 is 1.71 bits per heavy atom. The van der Waals surface area contributed by atoms with E-state index in [2.05, 4.69) is 0 Å². The van der Waals surface area contributed by atoms with Crippen LogP contribution in [0.5, 0.6) is 0 Å². The summed E-state index contributed by atoms with van der Waals surface area (Å²) in [4.78, 5) is 34.5. The van der Waals surface area contributed by atoms with Crippen molar-refractivity contribution in [1.29, 1.82) is 0 Å². The third-order valence-corrected chi connectivity index (χ3v) is 3.96.